The lowest BCUT2D eigenvalue weighted by Crippen LogP contribution is -2.42. The summed E-state index contributed by atoms with van der Waals surface area (Å²) >= 11 is 0. The average Bonchev–Trinajstić information content (AvgIpc) is 2.38. The van der Waals surface area contributed by atoms with Crippen LogP contribution in [0.5, 0.6) is 0 Å². The highest BCUT2D eigenvalue weighted by molar-refractivity contribution is 5.76. The molecule has 1 amide bonds. The summed E-state index contributed by atoms with van der Waals surface area (Å²) in [5.74, 6) is 0.214. The largest absolute Gasteiger partial charge is 0.381 e. The monoisotopic (exact) mass is 242 g/mol. The number of rotatable bonds is 6. The quantitative estimate of drug-likeness (QED) is 0.716. The van der Waals surface area contributed by atoms with E-state index in [1.54, 1.807) is 0 Å². The molecule has 17 heavy (non-hydrogen) atoms. The molecule has 1 aliphatic carbocycles. The molecule has 1 rings (SSSR count). The second kappa shape index (κ2) is 7.67. The summed E-state index contributed by atoms with van der Waals surface area (Å²) < 4.78 is 5.22. The van der Waals surface area contributed by atoms with Crippen molar-refractivity contribution >= 4 is 5.91 Å². The summed E-state index contributed by atoms with van der Waals surface area (Å²) in [6.07, 6.45) is 5.08. The molecule has 1 N–H and O–H groups in total. The van der Waals surface area contributed by atoms with Gasteiger partial charge in [-0.3, -0.25) is 4.79 Å². The fourth-order valence-corrected chi connectivity index (χ4v) is 2.44. The van der Waals surface area contributed by atoms with Crippen LogP contribution in [-0.4, -0.2) is 50.2 Å². The maximum absolute atomic E-state index is 11.9. The summed E-state index contributed by atoms with van der Waals surface area (Å²) in [5, 5.41) is 3.31. The van der Waals surface area contributed by atoms with Crippen molar-refractivity contribution in [1.29, 1.82) is 0 Å². The first kappa shape index (κ1) is 14.5. The Morgan fingerprint density at radius 2 is 2.00 bits per heavy atom. The Morgan fingerprint density at radius 3 is 2.53 bits per heavy atom. The Labute approximate surface area is 105 Å². The van der Waals surface area contributed by atoms with Gasteiger partial charge in [0.15, 0.2) is 0 Å². The predicted molar refractivity (Wildman–Crippen MR) is 69.0 cm³/mol. The van der Waals surface area contributed by atoms with Gasteiger partial charge in [-0.05, 0) is 39.7 Å². The van der Waals surface area contributed by atoms with Gasteiger partial charge in [-0.15, -0.1) is 0 Å². The molecule has 1 saturated carbocycles. The van der Waals surface area contributed by atoms with Gasteiger partial charge in [0.2, 0.25) is 5.91 Å². The van der Waals surface area contributed by atoms with E-state index in [2.05, 4.69) is 5.32 Å². The molecule has 4 nitrogen and oxygen atoms in total. The van der Waals surface area contributed by atoms with Gasteiger partial charge in [-0.1, -0.05) is 0 Å². The lowest BCUT2D eigenvalue weighted by Gasteiger charge is -2.34. The van der Waals surface area contributed by atoms with Crippen molar-refractivity contribution in [1.82, 2.24) is 10.2 Å². The molecule has 1 aliphatic rings. The van der Waals surface area contributed by atoms with Crippen molar-refractivity contribution in [2.75, 3.05) is 27.3 Å². The zero-order valence-electron chi connectivity index (χ0n) is 11.4. The van der Waals surface area contributed by atoms with E-state index in [0.29, 0.717) is 31.7 Å². The molecule has 4 heteroatoms. The van der Waals surface area contributed by atoms with Crippen LogP contribution in [-0.2, 0) is 9.53 Å². The Balaban J connectivity index is 2.27. The minimum absolute atomic E-state index is 0.214. The highest BCUT2D eigenvalue weighted by atomic mass is 16.5. The molecule has 0 aromatic heterocycles. The van der Waals surface area contributed by atoms with Gasteiger partial charge in [0.25, 0.3) is 0 Å². The molecule has 0 aromatic rings. The first-order chi connectivity index (χ1) is 8.19. The highest BCUT2D eigenvalue weighted by Crippen LogP contribution is 2.22. The third kappa shape index (κ3) is 4.64. The number of nitrogens with one attached hydrogen (secondary N) is 1. The fourth-order valence-electron chi connectivity index (χ4n) is 2.44. The van der Waals surface area contributed by atoms with E-state index in [9.17, 15) is 4.79 Å². The molecule has 0 aliphatic heterocycles. The molecule has 0 saturated heterocycles. The van der Waals surface area contributed by atoms with Crippen molar-refractivity contribution in [3.8, 4) is 0 Å². The first-order valence-electron chi connectivity index (χ1n) is 6.69. The molecule has 0 spiro atoms. The summed E-state index contributed by atoms with van der Waals surface area (Å²) in [5.41, 5.74) is 0. The van der Waals surface area contributed by atoms with E-state index in [1.807, 2.05) is 25.9 Å². The number of hydrogen-bond donors (Lipinski definition) is 1. The third-order valence-electron chi connectivity index (χ3n) is 3.71. The van der Waals surface area contributed by atoms with Crippen LogP contribution in [0.25, 0.3) is 0 Å². The molecule has 1 fully saturated rings. The minimum Gasteiger partial charge on any atom is -0.381 e. The molecule has 0 unspecified atom stereocenters. The summed E-state index contributed by atoms with van der Waals surface area (Å²) in [6.45, 7) is 3.18. The van der Waals surface area contributed by atoms with Crippen molar-refractivity contribution < 1.29 is 9.53 Å². The molecular weight excluding hydrogens is 216 g/mol. The summed E-state index contributed by atoms with van der Waals surface area (Å²) in [7, 11) is 3.95. The fraction of sp³-hybridized carbons (Fsp3) is 0.923. The zero-order valence-corrected chi connectivity index (χ0v) is 11.4. The van der Waals surface area contributed by atoms with Crippen molar-refractivity contribution in [3.05, 3.63) is 0 Å². The van der Waals surface area contributed by atoms with Crippen LogP contribution in [0.15, 0.2) is 0 Å². The predicted octanol–water partition coefficient (Wildman–Crippen LogP) is 1.40. The number of carbonyl (C=O) groups excluding carboxylic acids is 1. The Kier molecular flexibility index (Phi) is 6.52. The maximum Gasteiger partial charge on any atom is 0.224 e. The van der Waals surface area contributed by atoms with E-state index in [-0.39, 0.29) is 5.91 Å². The van der Waals surface area contributed by atoms with Gasteiger partial charge in [0.05, 0.1) is 13.0 Å². The number of hydrogen-bond acceptors (Lipinski definition) is 3. The van der Waals surface area contributed by atoms with Crippen LogP contribution < -0.4 is 5.32 Å². The standard InChI is InChI=1S/C13H26N2O2/c1-4-17-10-9-13(16)15(3)12-7-5-11(14-2)6-8-12/h11-12,14H,4-10H2,1-3H3. The Hall–Kier alpha value is -0.610. The molecule has 0 atom stereocenters. The topological polar surface area (TPSA) is 41.6 Å². The van der Waals surface area contributed by atoms with Crippen LogP contribution >= 0.6 is 0 Å². The third-order valence-corrected chi connectivity index (χ3v) is 3.71. The zero-order chi connectivity index (χ0) is 12.7. The molecule has 100 valence electrons. The molecule has 0 radical (unpaired) electrons. The van der Waals surface area contributed by atoms with E-state index < -0.39 is 0 Å². The van der Waals surface area contributed by atoms with Gasteiger partial charge >= 0.3 is 0 Å². The lowest BCUT2D eigenvalue weighted by atomic mass is 9.90. The maximum atomic E-state index is 11.9. The van der Waals surface area contributed by atoms with Crippen LogP contribution in [0.4, 0.5) is 0 Å². The first-order valence-corrected chi connectivity index (χ1v) is 6.69. The summed E-state index contributed by atoms with van der Waals surface area (Å²) in [4.78, 5) is 13.8. The van der Waals surface area contributed by atoms with Crippen molar-refractivity contribution in [2.24, 2.45) is 0 Å². The molecular formula is C13H26N2O2. The van der Waals surface area contributed by atoms with Gasteiger partial charge in [0.1, 0.15) is 0 Å². The van der Waals surface area contributed by atoms with Crippen LogP contribution in [0.1, 0.15) is 39.0 Å². The average molecular weight is 242 g/mol. The van der Waals surface area contributed by atoms with Gasteiger partial charge < -0.3 is 15.0 Å². The number of nitrogens with zero attached hydrogens (tertiary/aromatic N) is 1. The van der Waals surface area contributed by atoms with Crippen LogP contribution in [0, 0.1) is 0 Å². The smallest absolute Gasteiger partial charge is 0.224 e. The van der Waals surface area contributed by atoms with Gasteiger partial charge in [-0.2, -0.15) is 0 Å². The van der Waals surface area contributed by atoms with Crippen molar-refractivity contribution in [2.45, 2.75) is 51.1 Å². The number of carbonyl (C=O) groups is 1. The van der Waals surface area contributed by atoms with Gasteiger partial charge in [0, 0.05) is 25.7 Å². The SMILES string of the molecule is CCOCCC(=O)N(C)C1CCC(NC)CC1. The van der Waals surface area contributed by atoms with E-state index in [4.69, 9.17) is 4.74 Å². The second-order valence-corrected chi connectivity index (χ2v) is 4.75. The van der Waals surface area contributed by atoms with E-state index >= 15 is 0 Å². The van der Waals surface area contributed by atoms with Crippen LogP contribution in [0.3, 0.4) is 0 Å². The van der Waals surface area contributed by atoms with Crippen LogP contribution in [0.2, 0.25) is 0 Å². The minimum atomic E-state index is 0.214. The Morgan fingerprint density at radius 1 is 1.35 bits per heavy atom. The molecule has 0 aromatic carbocycles. The van der Waals surface area contributed by atoms with Gasteiger partial charge in [-0.25, -0.2) is 0 Å². The molecule has 0 bridgehead atoms. The summed E-state index contributed by atoms with van der Waals surface area (Å²) in [6, 6.07) is 1.06. The van der Waals surface area contributed by atoms with E-state index in [1.165, 1.54) is 12.8 Å². The lowest BCUT2D eigenvalue weighted by molar-refractivity contribution is -0.133. The Bertz CT molecular complexity index is 225. The number of amides is 1. The van der Waals surface area contributed by atoms with Crippen molar-refractivity contribution in [3.63, 3.8) is 0 Å². The highest BCUT2D eigenvalue weighted by Gasteiger charge is 2.25. The normalized spacial score (nSPS) is 24.6. The molecule has 0 heterocycles. The van der Waals surface area contributed by atoms with E-state index in [0.717, 1.165) is 12.8 Å². The number of ether oxygens (including phenoxy) is 1. The second-order valence-electron chi connectivity index (χ2n) is 4.75.